The quantitative estimate of drug-likeness (QED) is 0.771. The number of aldehydes is 1. The Balaban J connectivity index is 2.46. The van der Waals surface area contributed by atoms with Crippen molar-refractivity contribution in [3.05, 3.63) is 51.0 Å². The third kappa shape index (κ3) is 2.39. The highest BCUT2D eigenvalue weighted by molar-refractivity contribution is 9.11. The van der Waals surface area contributed by atoms with E-state index in [4.69, 9.17) is 0 Å². The molecule has 0 saturated carbocycles. The summed E-state index contributed by atoms with van der Waals surface area (Å²) in [6.07, 6.45) is 2.57. The van der Waals surface area contributed by atoms with E-state index in [1.165, 1.54) is 0 Å². The number of hydrogen-bond acceptors (Lipinski definition) is 2. The number of hydrogen-bond donors (Lipinski definition) is 0. The van der Waals surface area contributed by atoms with Crippen molar-refractivity contribution in [3.8, 4) is 11.3 Å². The summed E-state index contributed by atoms with van der Waals surface area (Å²) < 4.78 is 1.84. The fourth-order valence-electron chi connectivity index (χ4n) is 1.35. The van der Waals surface area contributed by atoms with Crippen molar-refractivity contribution in [1.82, 2.24) is 4.98 Å². The zero-order valence-electron chi connectivity index (χ0n) is 8.15. The topological polar surface area (TPSA) is 30.0 Å². The third-order valence-corrected chi connectivity index (χ3v) is 3.17. The number of carbonyl (C=O) groups excluding carboxylic acids is 1. The molecule has 0 radical (unpaired) electrons. The molecular weight excluding hydrogens is 334 g/mol. The lowest BCUT2D eigenvalue weighted by atomic mass is 10.1. The summed E-state index contributed by atoms with van der Waals surface area (Å²) in [4.78, 5) is 14.9. The summed E-state index contributed by atoms with van der Waals surface area (Å²) >= 11 is 6.81. The molecule has 0 aliphatic rings. The van der Waals surface area contributed by atoms with E-state index in [0.717, 1.165) is 26.5 Å². The highest BCUT2D eigenvalue weighted by Crippen LogP contribution is 2.28. The first-order valence-corrected chi connectivity index (χ1v) is 6.16. The number of aromatic nitrogens is 1. The molecule has 0 spiro atoms. The zero-order chi connectivity index (χ0) is 11.5. The molecule has 1 aromatic carbocycles. The van der Waals surface area contributed by atoms with Gasteiger partial charge >= 0.3 is 0 Å². The van der Waals surface area contributed by atoms with Crippen molar-refractivity contribution in [2.24, 2.45) is 0 Å². The van der Waals surface area contributed by atoms with Crippen LogP contribution in [-0.4, -0.2) is 11.3 Å². The summed E-state index contributed by atoms with van der Waals surface area (Å²) in [7, 11) is 0. The van der Waals surface area contributed by atoms with Crippen LogP contribution in [-0.2, 0) is 0 Å². The van der Waals surface area contributed by atoms with E-state index >= 15 is 0 Å². The van der Waals surface area contributed by atoms with Gasteiger partial charge in [-0.1, -0.05) is 24.3 Å². The molecule has 0 aliphatic carbocycles. The number of rotatable bonds is 2. The molecule has 0 unspecified atom stereocenters. The van der Waals surface area contributed by atoms with Gasteiger partial charge in [0.25, 0.3) is 0 Å². The fourth-order valence-corrected chi connectivity index (χ4v) is 2.56. The predicted octanol–water partition coefficient (Wildman–Crippen LogP) is 4.09. The van der Waals surface area contributed by atoms with Gasteiger partial charge in [-0.25, -0.2) is 0 Å². The normalized spacial score (nSPS) is 10.1. The molecule has 2 aromatic rings. The second kappa shape index (κ2) is 4.89. The lowest BCUT2D eigenvalue weighted by molar-refractivity contribution is 0.112. The number of nitrogens with zero attached hydrogens (tertiary/aromatic N) is 1. The Kier molecular flexibility index (Phi) is 3.51. The van der Waals surface area contributed by atoms with Crippen molar-refractivity contribution in [2.45, 2.75) is 0 Å². The molecule has 0 aliphatic heterocycles. The molecule has 0 saturated heterocycles. The Morgan fingerprint density at radius 2 is 1.81 bits per heavy atom. The first kappa shape index (κ1) is 11.5. The first-order valence-electron chi connectivity index (χ1n) is 4.57. The van der Waals surface area contributed by atoms with Gasteiger partial charge < -0.3 is 0 Å². The van der Waals surface area contributed by atoms with Gasteiger partial charge in [0, 0.05) is 26.3 Å². The van der Waals surface area contributed by atoms with Gasteiger partial charge in [0.1, 0.15) is 6.29 Å². The molecule has 0 bridgehead atoms. The van der Waals surface area contributed by atoms with Gasteiger partial charge in [0.05, 0.1) is 5.69 Å². The summed E-state index contributed by atoms with van der Waals surface area (Å²) in [5, 5.41) is 0. The van der Waals surface area contributed by atoms with Crippen LogP contribution in [0.1, 0.15) is 10.4 Å². The van der Waals surface area contributed by atoms with Crippen LogP contribution in [0.3, 0.4) is 0 Å². The van der Waals surface area contributed by atoms with Crippen LogP contribution in [0.25, 0.3) is 11.3 Å². The Morgan fingerprint density at radius 1 is 1.12 bits per heavy atom. The van der Waals surface area contributed by atoms with Gasteiger partial charge in [-0.15, -0.1) is 0 Å². The average Bonchev–Trinajstić information content (AvgIpc) is 2.29. The average molecular weight is 341 g/mol. The van der Waals surface area contributed by atoms with E-state index in [1.54, 1.807) is 18.3 Å². The molecule has 2 rings (SSSR count). The largest absolute Gasteiger partial charge is 0.298 e. The molecule has 16 heavy (non-hydrogen) atoms. The smallest absolute Gasteiger partial charge is 0.150 e. The SMILES string of the molecule is O=Cc1ccc(-c2ncc(Br)cc2Br)cc1. The maximum Gasteiger partial charge on any atom is 0.150 e. The van der Waals surface area contributed by atoms with Crippen molar-refractivity contribution in [1.29, 1.82) is 0 Å². The van der Waals surface area contributed by atoms with Crippen LogP contribution in [0.15, 0.2) is 45.5 Å². The highest BCUT2D eigenvalue weighted by atomic mass is 79.9. The van der Waals surface area contributed by atoms with Crippen LogP contribution in [0.4, 0.5) is 0 Å². The summed E-state index contributed by atoms with van der Waals surface area (Å²) in [6, 6.07) is 9.25. The Morgan fingerprint density at radius 3 is 2.38 bits per heavy atom. The van der Waals surface area contributed by atoms with Crippen molar-refractivity contribution < 1.29 is 4.79 Å². The molecule has 2 nitrogen and oxygen atoms in total. The number of halogens is 2. The molecule has 4 heteroatoms. The monoisotopic (exact) mass is 339 g/mol. The molecular formula is C12H7Br2NO. The predicted molar refractivity (Wildman–Crippen MR) is 70.5 cm³/mol. The second-order valence-electron chi connectivity index (χ2n) is 3.22. The minimum atomic E-state index is 0.664. The number of carbonyl (C=O) groups is 1. The third-order valence-electron chi connectivity index (χ3n) is 2.13. The lowest BCUT2D eigenvalue weighted by Crippen LogP contribution is -1.86. The van der Waals surface area contributed by atoms with E-state index < -0.39 is 0 Å². The van der Waals surface area contributed by atoms with Crippen LogP contribution in [0.5, 0.6) is 0 Å². The molecule has 1 aromatic heterocycles. The molecule has 80 valence electrons. The molecule has 0 N–H and O–H groups in total. The van der Waals surface area contributed by atoms with E-state index in [9.17, 15) is 4.79 Å². The molecule has 0 atom stereocenters. The summed E-state index contributed by atoms with van der Waals surface area (Å²) in [6.45, 7) is 0. The van der Waals surface area contributed by atoms with Crippen LogP contribution >= 0.6 is 31.9 Å². The standard InChI is InChI=1S/C12H7Br2NO/c13-10-5-11(14)12(15-6-10)9-3-1-8(7-16)2-4-9/h1-7H. The number of benzene rings is 1. The van der Waals surface area contributed by atoms with Gasteiger partial charge in [0.2, 0.25) is 0 Å². The van der Waals surface area contributed by atoms with Crippen molar-refractivity contribution in [3.63, 3.8) is 0 Å². The Bertz CT molecular complexity index is 523. The highest BCUT2D eigenvalue weighted by Gasteiger charge is 2.05. The Hall–Kier alpha value is -1.000. The van der Waals surface area contributed by atoms with Gasteiger partial charge in [-0.3, -0.25) is 9.78 Å². The van der Waals surface area contributed by atoms with Crippen LogP contribution < -0.4 is 0 Å². The first-order chi connectivity index (χ1) is 7.70. The van der Waals surface area contributed by atoms with E-state index in [0.29, 0.717) is 5.56 Å². The zero-order valence-corrected chi connectivity index (χ0v) is 11.3. The van der Waals surface area contributed by atoms with Crippen molar-refractivity contribution in [2.75, 3.05) is 0 Å². The van der Waals surface area contributed by atoms with Crippen molar-refractivity contribution >= 4 is 38.1 Å². The molecule has 1 heterocycles. The summed E-state index contributed by atoms with van der Waals surface area (Å²) in [5.41, 5.74) is 2.50. The van der Waals surface area contributed by atoms with E-state index in [-0.39, 0.29) is 0 Å². The second-order valence-corrected chi connectivity index (χ2v) is 4.99. The van der Waals surface area contributed by atoms with E-state index in [2.05, 4.69) is 36.8 Å². The maximum absolute atomic E-state index is 10.5. The van der Waals surface area contributed by atoms with E-state index in [1.807, 2.05) is 18.2 Å². The van der Waals surface area contributed by atoms with Crippen LogP contribution in [0.2, 0.25) is 0 Å². The molecule has 0 fully saturated rings. The van der Waals surface area contributed by atoms with Gasteiger partial charge in [-0.2, -0.15) is 0 Å². The molecule has 0 amide bonds. The summed E-state index contributed by atoms with van der Waals surface area (Å²) in [5.74, 6) is 0. The van der Waals surface area contributed by atoms with Gasteiger partial charge in [-0.05, 0) is 37.9 Å². The minimum absolute atomic E-state index is 0.664. The minimum Gasteiger partial charge on any atom is -0.298 e. The maximum atomic E-state index is 10.5. The van der Waals surface area contributed by atoms with Gasteiger partial charge in [0.15, 0.2) is 0 Å². The Labute approximate surface area is 110 Å². The van der Waals surface area contributed by atoms with Crippen LogP contribution in [0, 0.1) is 0 Å². The number of pyridine rings is 1. The lowest BCUT2D eigenvalue weighted by Gasteiger charge is -2.04. The fraction of sp³-hybridized carbons (Fsp3) is 0.